The Labute approximate surface area is 210 Å². The largest absolute Gasteiger partial charge is 0.508 e. The molecule has 1 aromatic rings. The summed E-state index contributed by atoms with van der Waals surface area (Å²) in [5, 5.41) is 9.28. The van der Waals surface area contributed by atoms with E-state index in [1.54, 1.807) is 12.1 Å². The Kier molecular flexibility index (Phi) is 19.7. The number of carbonyl (C=O) groups excluding carboxylic acids is 1. The van der Waals surface area contributed by atoms with Crippen LogP contribution in [0.4, 0.5) is 0 Å². The number of benzene rings is 1. The highest BCUT2D eigenvalue weighted by molar-refractivity contribution is 5.89. The van der Waals surface area contributed by atoms with Gasteiger partial charge in [0, 0.05) is 0 Å². The van der Waals surface area contributed by atoms with Crippen LogP contribution in [0.1, 0.15) is 133 Å². The van der Waals surface area contributed by atoms with E-state index in [1.807, 2.05) is 0 Å². The molecule has 0 heterocycles. The third kappa shape index (κ3) is 17.0. The highest BCUT2D eigenvalue weighted by Gasteiger charge is 2.07. The third-order valence-corrected chi connectivity index (χ3v) is 6.61. The molecule has 0 bridgehead atoms. The molecule has 1 aromatic carbocycles. The number of rotatable bonds is 23. The first-order valence-electron chi connectivity index (χ1n) is 14.4. The van der Waals surface area contributed by atoms with Gasteiger partial charge in [-0.2, -0.15) is 0 Å². The second kappa shape index (κ2) is 21.9. The maximum absolute atomic E-state index is 11.9. The Bertz CT molecular complexity index is 573. The average molecular weight is 476 g/mol. The molecule has 0 saturated carbocycles. The molecular formula is C30H53NO3. The predicted octanol–water partition coefficient (Wildman–Crippen LogP) is 8.52. The summed E-state index contributed by atoms with van der Waals surface area (Å²) in [6, 6.07) is 6.21. The molecule has 0 saturated heterocycles. The van der Waals surface area contributed by atoms with Gasteiger partial charge in [-0.25, -0.2) is 4.79 Å². The van der Waals surface area contributed by atoms with Crippen LogP contribution in [0.15, 0.2) is 24.3 Å². The van der Waals surface area contributed by atoms with Gasteiger partial charge in [0.25, 0.3) is 0 Å². The van der Waals surface area contributed by atoms with Crippen LogP contribution in [0.25, 0.3) is 0 Å². The minimum atomic E-state index is -0.305. The minimum absolute atomic E-state index is 0.161. The molecule has 0 fully saturated rings. The van der Waals surface area contributed by atoms with Gasteiger partial charge >= 0.3 is 5.97 Å². The molecule has 0 unspecified atom stereocenters. The highest BCUT2D eigenvalue weighted by Crippen LogP contribution is 2.13. The zero-order valence-corrected chi connectivity index (χ0v) is 22.4. The number of phenols is 1. The number of nitrogens with zero attached hydrogens (tertiary/aromatic N) is 1. The molecule has 1 rings (SSSR count). The van der Waals surface area contributed by atoms with Crippen molar-refractivity contribution in [3.8, 4) is 5.75 Å². The second-order valence-corrected chi connectivity index (χ2v) is 9.83. The summed E-state index contributed by atoms with van der Waals surface area (Å²) >= 11 is 0. The molecule has 0 radical (unpaired) electrons. The highest BCUT2D eigenvalue weighted by atomic mass is 16.5. The Hall–Kier alpha value is -1.55. The van der Waals surface area contributed by atoms with Gasteiger partial charge in [-0.1, -0.05) is 97.3 Å². The molecule has 0 aromatic heterocycles. The fraction of sp³-hybridized carbons (Fsp3) is 0.767. The van der Waals surface area contributed by atoms with Gasteiger partial charge in [0.05, 0.1) is 12.2 Å². The van der Waals surface area contributed by atoms with E-state index in [-0.39, 0.29) is 11.7 Å². The Balaban J connectivity index is 2.04. The summed E-state index contributed by atoms with van der Waals surface area (Å²) in [5.74, 6) is -0.144. The number of phenolic OH excluding ortho intramolecular Hbond substituents is 1. The first-order valence-corrected chi connectivity index (χ1v) is 14.4. The molecule has 0 aliphatic heterocycles. The molecule has 1 N–H and O–H groups in total. The van der Waals surface area contributed by atoms with Gasteiger partial charge in [0.1, 0.15) is 5.75 Å². The predicted molar refractivity (Wildman–Crippen MR) is 145 cm³/mol. The lowest BCUT2D eigenvalue weighted by Crippen LogP contribution is -2.27. The van der Waals surface area contributed by atoms with Crippen molar-refractivity contribution in [3.05, 3.63) is 29.8 Å². The van der Waals surface area contributed by atoms with Crippen LogP contribution in [0, 0.1) is 0 Å². The molecule has 196 valence electrons. The van der Waals surface area contributed by atoms with E-state index in [0.717, 1.165) is 12.8 Å². The normalized spacial score (nSPS) is 11.3. The van der Waals surface area contributed by atoms with Crippen molar-refractivity contribution >= 4 is 5.97 Å². The Morgan fingerprint density at radius 1 is 0.647 bits per heavy atom. The zero-order valence-electron chi connectivity index (χ0n) is 22.4. The minimum Gasteiger partial charge on any atom is -0.508 e. The number of aromatic hydroxyl groups is 1. The molecular weight excluding hydrogens is 422 g/mol. The molecule has 34 heavy (non-hydrogen) atoms. The van der Waals surface area contributed by atoms with Gasteiger partial charge in [0.2, 0.25) is 0 Å². The maximum atomic E-state index is 11.9. The lowest BCUT2D eigenvalue weighted by Gasteiger charge is -2.22. The molecule has 0 aliphatic rings. The Morgan fingerprint density at radius 2 is 1.06 bits per heavy atom. The van der Waals surface area contributed by atoms with Crippen LogP contribution < -0.4 is 0 Å². The quantitative estimate of drug-likeness (QED) is 0.127. The summed E-state index contributed by atoms with van der Waals surface area (Å²) in [4.78, 5) is 14.7. The topological polar surface area (TPSA) is 49.8 Å². The van der Waals surface area contributed by atoms with E-state index in [2.05, 4.69) is 18.7 Å². The van der Waals surface area contributed by atoms with Crippen LogP contribution in [0.5, 0.6) is 5.75 Å². The van der Waals surface area contributed by atoms with E-state index < -0.39 is 0 Å². The standard InChI is InChI=1S/C30H53NO3/c1-3-5-7-12-16-24-31(25-17-13-8-6-4-2)26-18-14-10-9-11-15-19-27-34-30(33)28-20-22-29(32)23-21-28/h20-23,32H,3-19,24-27H2,1-2H3. The van der Waals surface area contributed by atoms with Crippen LogP contribution >= 0.6 is 0 Å². The van der Waals surface area contributed by atoms with Gasteiger partial charge in [-0.05, 0) is 69.6 Å². The maximum Gasteiger partial charge on any atom is 0.338 e. The molecule has 0 spiro atoms. The molecule has 0 atom stereocenters. The van der Waals surface area contributed by atoms with E-state index >= 15 is 0 Å². The van der Waals surface area contributed by atoms with Gasteiger partial charge in [-0.3, -0.25) is 0 Å². The van der Waals surface area contributed by atoms with Crippen molar-refractivity contribution in [2.45, 2.75) is 123 Å². The van der Waals surface area contributed by atoms with Crippen LogP contribution in [0.3, 0.4) is 0 Å². The van der Waals surface area contributed by atoms with E-state index in [9.17, 15) is 9.90 Å². The Morgan fingerprint density at radius 3 is 1.53 bits per heavy atom. The number of unbranched alkanes of at least 4 members (excludes halogenated alkanes) is 14. The lowest BCUT2D eigenvalue weighted by atomic mass is 10.1. The summed E-state index contributed by atoms with van der Waals surface area (Å²) in [6.45, 7) is 8.91. The van der Waals surface area contributed by atoms with E-state index in [4.69, 9.17) is 4.74 Å². The fourth-order valence-corrected chi connectivity index (χ4v) is 4.38. The van der Waals surface area contributed by atoms with Crippen molar-refractivity contribution in [3.63, 3.8) is 0 Å². The fourth-order valence-electron chi connectivity index (χ4n) is 4.38. The zero-order chi connectivity index (χ0) is 24.7. The molecule has 4 heteroatoms. The number of hydrogen-bond donors (Lipinski definition) is 1. The van der Waals surface area contributed by atoms with Crippen molar-refractivity contribution < 1.29 is 14.6 Å². The monoisotopic (exact) mass is 475 g/mol. The summed E-state index contributed by atoms with van der Waals surface area (Å²) in [5.41, 5.74) is 0.494. The molecule has 0 aliphatic carbocycles. The van der Waals surface area contributed by atoms with E-state index in [1.165, 1.54) is 128 Å². The van der Waals surface area contributed by atoms with Crippen molar-refractivity contribution in [2.75, 3.05) is 26.2 Å². The molecule has 0 amide bonds. The number of carbonyl (C=O) groups is 1. The van der Waals surface area contributed by atoms with Crippen LogP contribution in [0.2, 0.25) is 0 Å². The van der Waals surface area contributed by atoms with E-state index in [0.29, 0.717) is 12.2 Å². The first-order chi connectivity index (χ1) is 16.7. The third-order valence-electron chi connectivity index (χ3n) is 6.61. The van der Waals surface area contributed by atoms with Crippen LogP contribution in [-0.4, -0.2) is 42.2 Å². The van der Waals surface area contributed by atoms with Gasteiger partial charge in [0.15, 0.2) is 0 Å². The summed E-state index contributed by atoms with van der Waals surface area (Å²) in [7, 11) is 0. The molecule has 4 nitrogen and oxygen atoms in total. The smallest absolute Gasteiger partial charge is 0.338 e. The van der Waals surface area contributed by atoms with Gasteiger partial charge < -0.3 is 14.7 Å². The van der Waals surface area contributed by atoms with Crippen molar-refractivity contribution in [1.82, 2.24) is 4.90 Å². The SMILES string of the molecule is CCCCCCCN(CCCCCCC)CCCCCCCCCOC(=O)c1ccc(O)cc1. The second-order valence-electron chi connectivity index (χ2n) is 9.83. The van der Waals surface area contributed by atoms with Gasteiger partial charge in [-0.15, -0.1) is 0 Å². The number of hydrogen-bond acceptors (Lipinski definition) is 4. The average Bonchev–Trinajstić information content (AvgIpc) is 2.84. The lowest BCUT2D eigenvalue weighted by molar-refractivity contribution is 0.0497. The number of ether oxygens (including phenoxy) is 1. The van der Waals surface area contributed by atoms with Crippen molar-refractivity contribution in [2.24, 2.45) is 0 Å². The first kappa shape index (κ1) is 30.5. The number of esters is 1. The summed E-state index contributed by atoms with van der Waals surface area (Å²) in [6.07, 6.45) is 22.3. The van der Waals surface area contributed by atoms with Crippen molar-refractivity contribution in [1.29, 1.82) is 0 Å². The summed E-state index contributed by atoms with van der Waals surface area (Å²) < 4.78 is 5.32. The van der Waals surface area contributed by atoms with Crippen LogP contribution in [-0.2, 0) is 4.74 Å².